The maximum Gasteiger partial charge on any atom is 0.0135 e. The van der Waals surface area contributed by atoms with Crippen LogP contribution in [-0.2, 0) is 0 Å². The van der Waals surface area contributed by atoms with E-state index in [1.807, 2.05) is 7.05 Å². The molecule has 0 spiro atoms. The molecule has 0 bridgehead atoms. The van der Waals surface area contributed by atoms with Crippen LogP contribution in [0, 0.1) is 13.8 Å². The summed E-state index contributed by atoms with van der Waals surface area (Å²) in [6, 6.07) is 6.52. The van der Waals surface area contributed by atoms with Crippen LogP contribution >= 0.6 is 0 Å². The average molecular weight is 175 g/mol. The van der Waals surface area contributed by atoms with E-state index in [4.69, 9.17) is 0 Å². The van der Waals surface area contributed by atoms with E-state index >= 15 is 0 Å². The Bertz CT molecular complexity index is 300. The molecule has 0 unspecified atom stereocenters. The minimum absolute atomic E-state index is 0.924. The van der Waals surface area contributed by atoms with Gasteiger partial charge in [0, 0.05) is 6.54 Å². The summed E-state index contributed by atoms with van der Waals surface area (Å²) < 4.78 is 0. The van der Waals surface area contributed by atoms with Gasteiger partial charge in [-0.25, -0.2) is 0 Å². The molecule has 1 rings (SSSR count). The van der Waals surface area contributed by atoms with Gasteiger partial charge in [0.1, 0.15) is 0 Å². The highest BCUT2D eigenvalue weighted by atomic mass is 14.8. The lowest BCUT2D eigenvalue weighted by Gasteiger charge is -2.00. The Labute approximate surface area is 80.5 Å². The van der Waals surface area contributed by atoms with Crippen molar-refractivity contribution in [3.8, 4) is 0 Å². The van der Waals surface area contributed by atoms with E-state index in [2.05, 4.69) is 49.5 Å². The molecule has 0 aromatic heterocycles. The molecular weight excluding hydrogens is 158 g/mol. The van der Waals surface area contributed by atoms with Crippen LogP contribution in [0.15, 0.2) is 24.3 Å². The van der Waals surface area contributed by atoms with Gasteiger partial charge < -0.3 is 5.32 Å². The first-order valence-corrected chi connectivity index (χ1v) is 4.62. The van der Waals surface area contributed by atoms with Crippen molar-refractivity contribution in [1.29, 1.82) is 0 Å². The van der Waals surface area contributed by atoms with Gasteiger partial charge in [-0.05, 0) is 37.6 Å². The minimum atomic E-state index is 0.924. The van der Waals surface area contributed by atoms with Crippen LogP contribution in [-0.4, -0.2) is 13.6 Å². The normalized spacial score (nSPS) is 11.0. The van der Waals surface area contributed by atoms with Gasteiger partial charge in [0.2, 0.25) is 0 Å². The molecule has 0 atom stereocenters. The summed E-state index contributed by atoms with van der Waals surface area (Å²) >= 11 is 0. The first-order chi connectivity index (χ1) is 6.24. The van der Waals surface area contributed by atoms with Crippen LogP contribution in [0.2, 0.25) is 0 Å². The lowest BCUT2D eigenvalue weighted by Crippen LogP contribution is -2.03. The lowest BCUT2D eigenvalue weighted by atomic mass is 10.1. The zero-order valence-corrected chi connectivity index (χ0v) is 8.59. The quantitative estimate of drug-likeness (QED) is 0.744. The molecule has 0 aliphatic rings. The van der Waals surface area contributed by atoms with E-state index in [0.29, 0.717) is 0 Å². The van der Waals surface area contributed by atoms with Crippen LogP contribution in [0.3, 0.4) is 0 Å². The van der Waals surface area contributed by atoms with E-state index in [1.54, 1.807) is 0 Å². The van der Waals surface area contributed by atoms with Crippen molar-refractivity contribution in [2.24, 2.45) is 0 Å². The number of hydrogen-bond donors (Lipinski definition) is 1. The number of rotatable bonds is 3. The highest BCUT2D eigenvalue weighted by molar-refractivity contribution is 5.51. The summed E-state index contributed by atoms with van der Waals surface area (Å²) in [5, 5.41) is 3.08. The maximum absolute atomic E-state index is 3.08. The molecule has 1 heteroatoms. The lowest BCUT2D eigenvalue weighted by molar-refractivity contribution is 0.922. The molecule has 1 N–H and O–H groups in total. The molecule has 70 valence electrons. The van der Waals surface area contributed by atoms with Crippen LogP contribution in [0.25, 0.3) is 6.08 Å². The predicted octanol–water partition coefficient (Wildman–Crippen LogP) is 2.54. The molecule has 0 aliphatic carbocycles. The molecule has 0 radical (unpaired) electrons. The van der Waals surface area contributed by atoms with Gasteiger partial charge in [0.25, 0.3) is 0 Å². The van der Waals surface area contributed by atoms with Gasteiger partial charge in [-0.3, -0.25) is 0 Å². The van der Waals surface area contributed by atoms with E-state index in [9.17, 15) is 0 Å². The third-order valence-electron chi connectivity index (χ3n) is 2.16. The van der Waals surface area contributed by atoms with Crippen molar-refractivity contribution in [2.75, 3.05) is 13.6 Å². The highest BCUT2D eigenvalue weighted by Crippen LogP contribution is 2.10. The fourth-order valence-corrected chi connectivity index (χ4v) is 1.18. The zero-order chi connectivity index (χ0) is 9.68. The molecule has 0 aliphatic heterocycles. The van der Waals surface area contributed by atoms with Crippen LogP contribution < -0.4 is 5.32 Å². The largest absolute Gasteiger partial charge is 0.316 e. The van der Waals surface area contributed by atoms with Crippen molar-refractivity contribution in [1.82, 2.24) is 5.32 Å². The Morgan fingerprint density at radius 3 is 2.62 bits per heavy atom. The summed E-state index contributed by atoms with van der Waals surface area (Å²) in [7, 11) is 1.95. The Kier molecular flexibility index (Phi) is 3.71. The summed E-state index contributed by atoms with van der Waals surface area (Å²) in [4.78, 5) is 0. The van der Waals surface area contributed by atoms with Crippen LogP contribution in [0.5, 0.6) is 0 Å². The van der Waals surface area contributed by atoms with Gasteiger partial charge in [-0.1, -0.05) is 30.4 Å². The molecule has 0 saturated heterocycles. The average Bonchev–Trinajstić information content (AvgIpc) is 2.12. The molecule has 13 heavy (non-hydrogen) atoms. The summed E-state index contributed by atoms with van der Waals surface area (Å²) in [5.41, 5.74) is 3.98. The van der Waals surface area contributed by atoms with Gasteiger partial charge in [0.15, 0.2) is 0 Å². The first kappa shape index (κ1) is 10.0. The topological polar surface area (TPSA) is 12.0 Å². The summed E-state index contributed by atoms with van der Waals surface area (Å²) in [6.07, 6.45) is 4.27. The second kappa shape index (κ2) is 4.83. The molecule has 0 saturated carbocycles. The van der Waals surface area contributed by atoms with E-state index < -0.39 is 0 Å². The number of benzene rings is 1. The third kappa shape index (κ3) is 3.03. The second-order valence-corrected chi connectivity index (χ2v) is 3.30. The summed E-state index contributed by atoms with van der Waals surface area (Å²) in [5.74, 6) is 0. The molecule has 0 amide bonds. The molecule has 1 aromatic rings. The van der Waals surface area contributed by atoms with Crippen molar-refractivity contribution in [3.05, 3.63) is 41.0 Å². The monoisotopic (exact) mass is 175 g/mol. The Hall–Kier alpha value is -1.08. The van der Waals surface area contributed by atoms with Gasteiger partial charge >= 0.3 is 0 Å². The zero-order valence-electron chi connectivity index (χ0n) is 8.59. The van der Waals surface area contributed by atoms with Crippen LogP contribution in [0.1, 0.15) is 16.7 Å². The first-order valence-electron chi connectivity index (χ1n) is 4.62. The standard InChI is InChI=1S/C12H17N/c1-10-6-7-12(9-11(10)2)5-4-8-13-3/h4-7,9,13H,8H2,1-3H3. The number of hydrogen-bond acceptors (Lipinski definition) is 1. The van der Waals surface area contributed by atoms with E-state index in [-0.39, 0.29) is 0 Å². The number of nitrogens with one attached hydrogen (secondary N) is 1. The highest BCUT2D eigenvalue weighted by Gasteiger charge is 1.91. The van der Waals surface area contributed by atoms with Crippen molar-refractivity contribution in [2.45, 2.75) is 13.8 Å². The van der Waals surface area contributed by atoms with Gasteiger partial charge in [-0.15, -0.1) is 0 Å². The maximum atomic E-state index is 3.08. The van der Waals surface area contributed by atoms with E-state index in [1.165, 1.54) is 16.7 Å². The molecule has 0 heterocycles. The van der Waals surface area contributed by atoms with E-state index in [0.717, 1.165) is 6.54 Å². The molecule has 1 nitrogen and oxygen atoms in total. The fraction of sp³-hybridized carbons (Fsp3) is 0.333. The Morgan fingerprint density at radius 1 is 1.23 bits per heavy atom. The second-order valence-electron chi connectivity index (χ2n) is 3.30. The van der Waals surface area contributed by atoms with Crippen LogP contribution in [0.4, 0.5) is 0 Å². The van der Waals surface area contributed by atoms with Crippen molar-refractivity contribution < 1.29 is 0 Å². The number of aryl methyl sites for hydroxylation is 2. The summed E-state index contributed by atoms with van der Waals surface area (Å²) in [6.45, 7) is 5.20. The Balaban J connectivity index is 2.73. The Morgan fingerprint density at radius 2 is 2.00 bits per heavy atom. The molecule has 1 aromatic carbocycles. The molecule has 0 fully saturated rings. The minimum Gasteiger partial charge on any atom is -0.316 e. The fourth-order valence-electron chi connectivity index (χ4n) is 1.18. The molecular formula is C12H17N. The van der Waals surface area contributed by atoms with Gasteiger partial charge in [0.05, 0.1) is 0 Å². The number of likely N-dealkylation sites (N-methyl/N-ethyl adjacent to an activating group) is 1. The van der Waals surface area contributed by atoms with Gasteiger partial charge in [-0.2, -0.15) is 0 Å². The SMILES string of the molecule is CNCC=Cc1ccc(C)c(C)c1. The predicted molar refractivity (Wildman–Crippen MR) is 58.9 cm³/mol. The third-order valence-corrected chi connectivity index (χ3v) is 2.16. The van der Waals surface area contributed by atoms with Crippen molar-refractivity contribution >= 4 is 6.08 Å². The van der Waals surface area contributed by atoms with Crippen molar-refractivity contribution in [3.63, 3.8) is 0 Å². The smallest absolute Gasteiger partial charge is 0.0135 e.